The van der Waals surface area contributed by atoms with E-state index in [-0.39, 0.29) is 18.3 Å². The summed E-state index contributed by atoms with van der Waals surface area (Å²) in [7, 11) is 4.00. The van der Waals surface area contributed by atoms with Crippen LogP contribution in [0.1, 0.15) is 5.56 Å². The molecule has 0 unspecified atom stereocenters. The highest BCUT2D eigenvalue weighted by Crippen LogP contribution is 2.38. The van der Waals surface area contributed by atoms with Crippen molar-refractivity contribution >= 4 is 45.0 Å². The minimum Gasteiger partial charge on any atom is -0.486 e. The summed E-state index contributed by atoms with van der Waals surface area (Å²) >= 11 is 1.51. The number of ether oxygens (including phenoxy) is 2. The lowest BCUT2D eigenvalue weighted by Crippen LogP contribution is -2.37. The second-order valence-corrected chi connectivity index (χ2v) is 7.98. The Labute approximate surface area is 180 Å². The summed E-state index contributed by atoms with van der Waals surface area (Å²) in [5, 5.41) is 0.708. The number of thiazole rings is 1. The van der Waals surface area contributed by atoms with Crippen LogP contribution in [0, 0.1) is 0 Å². The quantitative estimate of drug-likeness (QED) is 0.594. The minimum atomic E-state index is 0. The fourth-order valence-corrected chi connectivity index (χ4v) is 4.08. The number of rotatable bonds is 6. The van der Waals surface area contributed by atoms with Crippen molar-refractivity contribution in [1.82, 2.24) is 9.88 Å². The lowest BCUT2D eigenvalue weighted by molar-refractivity contribution is -0.118. The fraction of sp³-hybridized carbons (Fsp3) is 0.333. The van der Waals surface area contributed by atoms with E-state index in [1.807, 2.05) is 56.6 Å². The number of aromatic nitrogens is 1. The molecule has 8 heteroatoms. The van der Waals surface area contributed by atoms with Gasteiger partial charge in [-0.15, -0.1) is 12.4 Å². The number of nitrogens with zero attached hydrogens (tertiary/aromatic N) is 3. The predicted octanol–water partition coefficient (Wildman–Crippen LogP) is 3.63. The van der Waals surface area contributed by atoms with Crippen molar-refractivity contribution in [2.45, 2.75) is 6.42 Å². The van der Waals surface area contributed by atoms with Gasteiger partial charge in [-0.25, -0.2) is 4.98 Å². The number of fused-ring (bicyclic) bond motifs is 2. The van der Waals surface area contributed by atoms with Crippen molar-refractivity contribution in [3.05, 3.63) is 48.0 Å². The minimum absolute atomic E-state index is 0. The van der Waals surface area contributed by atoms with E-state index in [1.165, 1.54) is 11.3 Å². The summed E-state index contributed by atoms with van der Waals surface area (Å²) in [6.07, 6.45) is 0.354. The highest BCUT2D eigenvalue weighted by atomic mass is 35.5. The molecule has 0 aliphatic carbocycles. The largest absolute Gasteiger partial charge is 0.486 e. The van der Waals surface area contributed by atoms with Crippen molar-refractivity contribution < 1.29 is 14.3 Å². The zero-order valence-corrected chi connectivity index (χ0v) is 18.1. The molecule has 0 radical (unpaired) electrons. The number of hydrogen-bond donors (Lipinski definition) is 0. The van der Waals surface area contributed by atoms with Crippen LogP contribution in [0.5, 0.6) is 11.5 Å². The van der Waals surface area contributed by atoms with Crippen LogP contribution >= 0.6 is 23.7 Å². The molecular weight excluding hydrogens is 410 g/mol. The van der Waals surface area contributed by atoms with E-state index in [0.29, 0.717) is 37.1 Å². The molecule has 2 aromatic carbocycles. The van der Waals surface area contributed by atoms with E-state index in [9.17, 15) is 4.79 Å². The Morgan fingerprint density at radius 1 is 1.07 bits per heavy atom. The smallest absolute Gasteiger partial charge is 0.233 e. The molecule has 2 heterocycles. The summed E-state index contributed by atoms with van der Waals surface area (Å²) < 4.78 is 12.3. The lowest BCUT2D eigenvalue weighted by atomic mass is 10.1. The second-order valence-electron chi connectivity index (χ2n) is 6.97. The van der Waals surface area contributed by atoms with Crippen LogP contribution in [0.3, 0.4) is 0 Å². The van der Waals surface area contributed by atoms with Gasteiger partial charge in [0.05, 0.1) is 16.6 Å². The SMILES string of the molecule is CN(C)CCN(C(=O)Cc1ccccc1)c1nc2cc3c(cc2s1)OCCO3.Cl. The number of hydrogen-bond acceptors (Lipinski definition) is 6. The van der Waals surface area contributed by atoms with Crippen LogP contribution in [-0.2, 0) is 11.2 Å². The Morgan fingerprint density at radius 3 is 2.45 bits per heavy atom. The summed E-state index contributed by atoms with van der Waals surface area (Å²) in [5.74, 6) is 1.50. The van der Waals surface area contributed by atoms with Gasteiger partial charge in [0.2, 0.25) is 5.91 Å². The van der Waals surface area contributed by atoms with Crippen LogP contribution < -0.4 is 14.4 Å². The van der Waals surface area contributed by atoms with Crippen molar-refractivity contribution in [3.8, 4) is 11.5 Å². The first-order valence-corrected chi connectivity index (χ1v) is 10.1. The summed E-state index contributed by atoms with van der Waals surface area (Å²) in [5.41, 5.74) is 1.83. The van der Waals surface area contributed by atoms with Gasteiger partial charge >= 0.3 is 0 Å². The molecule has 29 heavy (non-hydrogen) atoms. The van der Waals surface area contributed by atoms with Crippen molar-refractivity contribution in [2.24, 2.45) is 0 Å². The first kappa shape index (κ1) is 21.4. The first-order valence-electron chi connectivity index (χ1n) is 9.29. The first-order chi connectivity index (χ1) is 13.6. The van der Waals surface area contributed by atoms with E-state index >= 15 is 0 Å². The molecular formula is C21H24ClN3O3S. The van der Waals surface area contributed by atoms with Crippen LogP contribution in [0.25, 0.3) is 10.2 Å². The number of halogens is 1. The summed E-state index contributed by atoms with van der Waals surface area (Å²) in [4.78, 5) is 21.7. The third-order valence-corrected chi connectivity index (χ3v) is 5.58. The molecule has 1 aliphatic heterocycles. The van der Waals surface area contributed by atoms with Gasteiger partial charge in [-0.3, -0.25) is 9.69 Å². The molecule has 1 amide bonds. The number of carbonyl (C=O) groups is 1. The number of anilines is 1. The van der Waals surface area contributed by atoms with E-state index in [0.717, 1.165) is 28.1 Å². The standard InChI is InChI=1S/C21H23N3O3S.ClH/c1-23(2)8-9-24(20(25)12-15-6-4-3-5-7-15)21-22-16-13-17-18(14-19(16)28-21)27-11-10-26-17;/h3-7,13-14H,8-12H2,1-2H3;1H. The fourth-order valence-electron chi connectivity index (χ4n) is 3.06. The van der Waals surface area contributed by atoms with Gasteiger partial charge in [0.15, 0.2) is 16.6 Å². The highest BCUT2D eigenvalue weighted by molar-refractivity contribution is 7.22. The third-order valence-electron chi connectivity index (χ3n) is 4.54. The van der Waals surface area contributed by atoms with Crippen molar-refractivity contribution in [1.29, 1.82) is 0 Å². The third kappa shape index (κ3) is 4.98. The molecule has 0 atom stereocenters. The second kappa shape index (κ2) is 9.43. The molecule has 0 N–H and O–H groups in total. The Kier molecular flexibility index (Phi) is 6.95. The molecule has 0 fully saturated rings. The van der Waals surface area contributed by atoms with Gasteiger partial charge in [0.1, 0.15) is 13.2 Å². The van der Waals surface area contributed by atoms with E-state index in [4.69, 9.17) is 14.5 Å². The summed E-state index contributed by atoms with van der Waals surface area (Å²) in [6, 6.07) is 13.7. The van der Waals surface area contributed by atoms with E-state index < -0.39 is 0 Å². The highest BCUT2D eigenvalue weighted by Gasteiger charge is 2.22. The Hall–Kier alpha value is -2.35. The zero-order chi connectivity index (χ0) is 19.5. The molecule has 3 aromatic rings. The Morgan fingerprint density at radius 2 is 1.76 bits per heavy atom. The molecule has 0 saturated carbocycles. The molecule has 6 nitrogen and oxygen atoms in total. The lowest BCUT2D eigenvalue weighted by Gasteiger charge is -2.22. The number of likely N-dealkylation sites (N-methyl/N-ethyl adjacent to an activating group) is 1. The van der Waals surface area contributed by atoms with Crippen LogP contribution in [-0.4, -0.2) is 56.2 Å². The molecule has 0 saturated heterocycles. The van der Waals surface area contributed by atoms with Gasteiger partial charge in [0.25, 0.3) is 0 Å². The van der Waals surface area contributed by atoms with Gasteiger partial charge < -0.3 is 14.4 Å². The molecule has 0 spiro atoms. The van der Waals surface area contributed by atoms with Gasteiger partial charge in [-0.05, 0) is 19.7 Å². The maximum atomic E-state index is 13.1. The number of benzene rings is 2. The van der Waals surface area contributed by atoms with Crippen LogP contribution in [0.15, 0.2) is 42.5 Å². The predicted molar refractivity (Wildman–Crippen MR) is 119 cm³/mol. The molecule has 154 valence electrons. The maximum Gasteiger partial charge on any atom is 0.233 e. The summed E-state index contributed by atoms with van der Waals surface area (Å²) in [6.45, 7) is 2.44. The van der Waals surface area contributed by atoms with Gasteiger partial charge in [-0.2, -0.15) is 0 Å². The maximum absolute atomic E-state index is 13.1. The average molecular weight is 434 g/mol. The monoisotopic (exact) mass is 433 g/mol. The molecule has 1 aromatic heterocycles. The van der Waals surface area contributed by atoms with Gasteiger partial charge in [0, 0.05) is 25.2 Å². The Balaban J connectivity index is 0.00000240. The normalized spacial score (nSPS) is 12.7. The van der Waals surface area contributed by atoms with E-state index in [2.05, 4.69) is 4.90 Å². The Bertz CT molecular complexity index is 935. The van der Waals surface area contributed by atoms with Crippen molar-refractivity contribution in [3.63, 3.8) is 0 Å². The molecule has 0 bridgehead atoms. The van der Waals surface area contributed by atoms with E-state index in [1.54, 1.807) is 4.90 Å². The molecule has 1 aliphatic rings. The molecule has 4 rings (SSSR count). The zero-order valence-electron chi connectivity index (χ0n) is 16.5. The number of carbonyl (C=O) groups excluding carboxylic acids is 1. The van der Waals surface area contributed by atoms with Crippen molar-refractivity contribution in [2.75, 3.05) is 45.3 Å². The number of amides is 1. The average Bonchev–Trinajstić information content (AvgIpc) is 3.09. The van der Waals surface area contributed by atoms with Crippen LogP contribution in [0.4, 0.5) is 5.13 Å². The topological polar surface area (TPSA) is 54.9 Å². The van der Waals surface area contributed by atoms with Gasteiger partial charge in [-0.1, -0.05) is 41.7 Å². The van der Waals surface area contributed by atoms with Crippen LogP contribution in [0.2, 0.25) is 0 Å².